The van der Waals surface area contributed by atoms with Crippen LogP contribution in [-0.2, 0) is 20.1 Å². The van der Waals surface area contributed by atoms with Crippen LogP contribution in [-0.4, -0.2) is 49.3 Å². The van der Waals surface area contributed by atoms with Gasteiger partial charge in [0.1, 0.15) is 5.82 Å². The van der Waals surface area contributed by atoms with E-state index in [1.807, 2.05) is 18.9 Å². The van der Waals surface area contributed by atoms with E-state index in [1.165, 1.54) is 4.57 Å². The standard InChI is InChI=1S/C14H23N5O3/c1-4-5-6-19-12-11(13(21)16-14(19)22)18(3)10(15-12)9-17(2)7-8-20/h20H,4-9H2,1-3H3,(H,16,21,22). The minimum atomic E-state index is -0.418. The van der Waals surface area contributed by atoms with E-state index in [0.29, 0.717) is 36.6 Å². The van der Waals surface area contributed by atoms with Crippen LogP contribution in [0, 0.1) is 0 Å². The van der Waals surface area contributed by atoms with Gasteiger partial charge in [0, 0.05) is 20.1 Å². The second kappa shape index (κ2) is 6.89. The molecular formula is C14H23N5O3. The summed E-state index contributed by atoms with van der Waals surface area (Å²) in [7, 11) is 3.63. The van der Waals surface area contributed by atoms with E-state index >= 15 is 0 Å². The molecule has 22 heavy (non-hydrogen) atoms. The van der Waals surface area contributed by atoms with Crippen LogP contribution in [0.3, 0.4) is 0 Å². The highest BCUT2D eigenvalue weighted by Crippen LogP contribution is 2.11. The highest BCUT2D eigenvalue weighted by molar-refractivity contribution is 5.70. The maximum Gasteiger partial charge on any atom is 0.330 e. The van der Waals surface area contributed by atoms with Gasteiger partial charge in [-0.25, -0.2) is 9.78 Å². The first kappa shape index (κ1) is 16.4. The molecule has 0 spiro atoms. The Morgan fingerprint density at radius 1 is 1.36 bits per heavy atom. The van der Waals surface area contributed by atoms with Gasteiger partial charge >= 0.3 is 5.69 Å². The lowest BCUT2D eigenvalue weighted by molar-refractivity contribution is 0.214. The number of unbranched alkanes of at least 4 members (excludes halogenated alkanes) is 1. The SMILES string of the molecule is CCCCn1c(=O)[nH]c(=O)c2c1nc(CN(C)CCO)n2C. The average Bonchev–Trinajstić information content (AvgIpc) is 2.76. The Bertz CT molecular complexity index is 758. The minimum absolute atomic E-state index is 0.0578. The number of aliphatic hydroxyl groups is 1. The number of rotatable bonds is 7. The molecule has 0 amide bonds. The first-order valence-corrected chi connectivity index (χ1v) is 7.47. The van der Waals surface area contributed by atoms with Gasteiger partial charge in [0.05, 0.1) is 13.2 Å². The van der Waals surface area contributed by atoms with Crippen LogP contribution in [0.25, 0.3) is 11.2 Å². The number of nitrogens with one attached hydrogen (secondary N) is 1. The summed E-state index contributed by atoms with van der Waals surface area (Å²) in [5, 5.41) is 8.98. The van der Waals surface area contributed by atoms with E-state index in [-0.39, 0.29) is 6.61 Å². The summed E-state index contributed by atoms with van der Waals surface area (Å²) >= 11 is 0. The summed E-state index contributed by atoms with van der Waals surface area (Å²) in [5.41, 5.74) is -0.00155. The van der Waals surface area contributed by atoms with Gasteiger partial charge in [-0.15, -0.1) is 0 Å². The van der Waals surface area contributed by atoms with E-state index in [0.717, 1.165) is 12.8 Å². The second-order valence-corrected chi connectivity index (χ2v) is 5.49. The van der Waals surface area contributed by atoms with Crippen LogP contribution < -0.4 is 11.2 Å². The van der Waals surface area contributed by atoms with Crippen molar-refractivity contribution in [1.82, 2.24) is 24.0 Å². The number of aromatic nitrogens is 4. The molecule has 8 heteroatoms. The van der Waals surface area contributed by atoms with Crippen LogP contribution in [0.4, 0.5) is 0 Å². The van der Waals surface area contributed by atoms with Crippen molar-refractivity contribution in [3.05, 3.63) is 26.7 Å². The molecule has 0 aliphatic rings. The highest BCUT2D eigenvalue weighted by Gasteiger charge is 2.17. The fourth-order valence-electron chi connectivity index (χ4n) is 2.45. The molecule has 0 bridgehead atoms. The molecule has 0 atom stereocenters. The Hall–Kier alpha value is -1.93. The molecule has 0 saturated carbocycles. The summed E-state index contributed by atoms with van der Waals surface area (Å²) in [6.45, 7) is 3.64. The molecule has 0 fully saturated rings. The Morgan fingerprint density at radius 2 is 2.09 bits per heavy atom. The zero-order valence-electron chi connectivity index (χ0n) is 13.3. The smallest absolute Gasteiger partial charge is 0.330 e. The van der Waals surface area contributed by atoms with Crippen LogP contribution >= 0.6 is 0 Å². The first-order valence-electron chi connectivity index (χ1n) is 7.47. The lowest BCUT2D eigenvalue weighted by atomic mass is 10.3. The molecule has 0 unspecified atom stereocenters. The number of likely N-dealkylation sites (N-methyl/N-ethyl adjacent to an activating group) is 1. The summed E-state index contributed by atoms with van der Waals surface area (Å²) in [4.78, 5) is 32.9. The number of aryl methyl sites for hydroxylation is 2. The van der Waals surface area contributed by atoms with Crippen molar-refractivity contribution in [3.63, 3.8) is 0 Å². The van der Waals surface area contributed by atoms with Crippen LogP contribution in [0.1, 0.15) is 25.6 Å². The van der Waals surface area contributed by atoms with Gasteiger partial charge in [0.2, 0.25) is 0 Å². The number of aliphatic hydroxyl groups excluding tert-OH is 1. The van der Waals surface area contributed by atoms with Crippen molar-refractivity contribution >= 4 is 11.2 Å². The topological polar surface area (TPSA) is 96.2 Å². The molecule has 0 saturated heterocycles. The van der Waals surface area contributed by atoms with E-state index < -0.39 is 11.2 Å². The average molecular weight is 309 g/mol. The number of H-pyrrole nitrogens is 1. The summed E-state index contributed by atoms with van der Waals surface area (Å²) in [5.74, 6) is 0.687. The molecule has 2 aromatic heterocycles. The first-order chi connectivity index (χ1) is 10.5. The lowest BCUT2D eigenvalue weighted by Gasteiger charge is -2.14. The maximum absolute atomic E-state index is 12.1. The van der Waals surface area contributed by atoms with Crippen LogP contribution in [0.15, 0.2) is 9.59 Å². The van der Waals surface area contributed by atoms with Crippen molar-refractivity contribution in [2.24, 2.45) is 7.05 Å². The molecule has 2 rings (SSSR count). The Morgan fingerprint density at radius 3 is 2.73 bits per heavy atom. The van der Waals surface area contributed by atoms with Gasteiger partial charge < -0.3 is 9.67 Å². The molecule has 0 radical (unpaired) electrons. The molecule has 0 aliphatic carbocycles. The van der Waals surface area contributed by atoms with Crippen molar-refractivity contribution in [2.75, 3.05) is 20.2 Å². The second-order valence-electron chi connectivity index (χ2n) is 5.49. The fraction of sp³-hybridized carbons (Fsp3) is 0.643. The third-order valence-electron chi connectivity index (χ3n) is 3.73. The molecule has 0 aliphatic heterocycles. The van der Waals surface area contributed by atoms with Crippen LogP contribution in [0.2, 0.25) is 0 Å². The number of aromatic amines is 1. The van der Waals surface area contributed by atoms with Crippen molar-refractivity contribution in [1.29, 1.82) is 0 Å². The Labute approximate surface area is 128 Å². The van der Waals surface area contributed by atoms with E-state index in [1.54, 1.807) is 11.6 Å². The molecular weight excluding hydrogens is 286 g/mol. The lowest BCUT2D eigenvalue weighted by Crippen LogP contribution is -2.31. The molecule has 2 heterocycles. The van der Waals surface area contributed by atoms with Crippen molar-refractivity contribution in [3.8, 4) is 0 Å². The zero-order valence-corrected chi connectivity index (χ0v) is 13.3. The predicted molar refractivity (Wildman–Crippen MR) is 83.9 cm³/mol. The van der Waals surface area contributed by atoms with Gasteiger partial charge in [-0.3, -0.25) is 19.2 Å². The van der Waals surface area contributed by atoms with Gasteiger partial charge in [0.25, 0.3) is 5.56 Å². The Balaban J connectivity index is 2.54. The number of hydrogen-bond acceptors (Lipinski definition) is 5. The van der Waals surface area contributed by atoms with E-state index in [4.69, 9.17) is 5.11 Å². The molecule has 122 valence electrons. The monoisotopic (exact) mass is 309 g/mol. The van der Waals surface area contributed by atoms with Crippen molar-refractivity contribution < 1.29 is 5.11 Å². The number of nitrogens with zero attached hydrogens (tertiary/aromatic N) is 4. The van der Waals surface area contributed by atoms with Gasteiger partial charge in [-0.05, 0) is 13.5 Å². The Kier molecular flexibility index (Phi) is 5.15. The highest BCUT2D eigenvalue weighted by atomic mass is 16.3. The number of hydrogen-bond donors (Lipinski definition) is 2. The van der Waals surface area contributed by atoms with Crippen molar-refractivity contribution in [2.45, 2.75) is 32.9 Å². The quantitative estimate of drug-likeness (QED) is 0.728. The number of imidazole rings is 1. The third kappa shape index (κ3) is 3.12. The number of fused-ring (bicyclic) bond motifs is 1. The maximum atomic E-state index is 12.1. The molecule has 2 N–H and O–H groups in total. The normalized spacial score (nSPS) is 11.7. The molecule has 8 nitrogen and oxygen atoms in total. The minimum Gasteiger partial charge on any atom is -0.395 e. The van der Waals surface area contributed by atoms with Gasteiger partial charge in [-0.1, -0.05) is 13.3 Å². The zero-order chi connectivity index (χ0) is 16.3. The van der Waals surface area contributed by atoms with E-state index in [2.05, 4.69) is 9.97 Å². The van der Waals surface area contributed by atoms with Gasteiger partial charge in [-0.2, -0.15) is 0 Å². The molecule has 2 aromatic rings. The summed E-state index contributed by atoms with van der Waals surface area (Å²) in [6.07, 6.45) is 1.80. The fourth-order valence-corrected chi connectivity index (χ4v) is 2.45. The van der Waals surface area contributed by atoms with E-state index in [9.17, 15) is 9.59 Å². The van der Waals surface area contributed by atoms with Gasteiger partial charge in [0.15, 0.2) is 11.2 Å². The summed E-state index contributed by atoms with van der Waals surface area (Å²) < 4.78 is 3.24. The van der Waals surface area contributed by atoms with Crippen LogP contribution in [0.5, 0.6) is 0 Å². The largest absolute Gasteiger partial charge is 0.395 e. The third-order valence-corrected chi connectivity index (χ3v) is 3.73. The predicted octanol–water partition coefficient (Wildman–Crippen LogP) is -0.352. The summed E-state index contributed by atoms with van der Waals surface area (Å²) in [6, 6.07) is 0. The molecule has 0 aromatic carbocycles.